The van der Waals surface area contributed by atoms with Gasteiger partial charge in [-0.2, -0.15) is 5.10 Å². The second kappa shape index (κ2) is 10.7. The number of carboxylic acids is 1. The highest BCUT2D eigenvalue weighted by molar-refractivity contribution is 5.76. The van der Waals surface area contributed by atoms with Gasteiger partial charge in [0.05, 0.1) is 6.54 Å². The number of ether oxygens (including phenoxy) is 1. The molecule has 1 aromatic heterocycles. The summed E-state index contributed by atoms with van der Waals surface area (Å²) in [6.07, 6.45) is 2.37. The topological polar surface area (TPSA) is 86.3 Å². The molecule has 0 aliphatic heterocycles. The Kier molecular flexibility index (Phi) is 7.97. The van der Waals surface area contributed by atoms with E-state index in [1.54, 1.807) is 21.4 Å². The Hall–Kier alpha value is -3.35. The standard InChI is InChI=1S/C27H35N3O4/c1-6-29-24(28-30(26(29)33)18-21-10-14-22(15-11-21)19(2)3)9-7-8-20-12-16-23(17-13-20)34-27(4,5)25(31)32/h10-17,19H,6-9,18H2,1-5H3,(H,31,32). The van der Waals surface area contributed by atoms with Gasteiger partial charge in [-0.15, -0.1) is 0 Å². The predicted octanol–water partition coefficient (Wildman–Crippen LogP) is 4.65. The summed E-state index contributed by atoms with van der Waals surface area (Å²) in [5, 5.41) is 13.8. The van der Waals surface area contributed by atoms with Gasteiger partial charge in [0.1, 0.15) is 11.6 Å². The van der Waals surface area contributed by atoms with E-state index in [-0.39, 0.29) is 5.69 Å². The quantitative estimate of drug-likeness (QED) is 0.445. The van der Waals surface area contributed by atoms with E-state index in [9.17, 15) is 14.7 Å². The number of aryl methyl sites for hydroxylation is 2. The fourth-order valence-corrected chi connectivity index (χ4v) is 3.79. The average molecular weight is 466 g/mol. The highest BCUT2D eigenvalue weighted by Crippen LogP contribution is 2.20. The molecule has 7 nitrogen and oxygen atoms in total. The average Bonchev–Trinajstić information content (AvgIpc) is 3.09. The molecule has 0 amide bonds. The van der Waals surface area contributed by atoms with Crippen LogP contribution in [0.3, 0.4) is 0 Å². The van der Waals surface area contributed by atoms with Crippen molar-refractivity contribution in [3.63, 3.8) is 0 Å². The van der Waals surface area contributed by atoms with Gasteiger partial charge in [0.25, 0.3) is 0 Å². The van der Waals surface area contributed by atoms with Crippen molar-refractivity contribution < 1.29 is 14.6 Å². The van der Waals surface area contributed by atoms with Crippen LogP contribution in [0.25, 0.3) is 0 Å². The molecule has 0 bridgehead atoms. The van der Waals surface area contributed by atoms with Crippen LogP contribution in [0.2, 0.25) is 0 Å². The van der Waals surface area contributed by atoms with E-state index in [4.69, 9.17) is 4.74 Å². The first-order valence-corrected chi connectivity index (χ1v) is 11.9. The van der Waals surface area contributed by atoms with Gasteiger partial charge in [-0.25, -0.2) is 14.3 Å². The molecule has 0 aliphatic rings. The summed E-state index contributed by atoms with van der Waals surface area (Å²) in [4.78, 5) is 24.1. The summed E-state index contributed by atoms with van der Waals surface area (Å²) < 4.78 is 8.85. The zero-order valence-corrected chi connectivity index (χ0v) is 20.7. The number of aliphatic carboxylic acids is 1. The maximum Gasteiger partial charge on any atom is 0.347 e. The molecular weight excluding hydrogens is 430 g/mol. The number of carbonyl (C=O) groups is 1. The summed E-state index contributed by atoms with van der Waals surface area (Å²) in [7, 11) is 0. The summed E-state index contributed by atoms with van der Waals surface area (Å²) in [6.45, 7) is 10.4. The minimum atomic E-state index is -1.28. The number of carboxylic acid groups (broad SMARTS) is 1. The number of aromatic nitrogens is 3. The van der Waals surface area contributed by atoms with E-state index in [0.717, 1.165) is 29.8 Å². The van der Waals surface area contributed by atoms with Crippen molar-refractivity contribution in [1.82, 2.24) is 14.3 Å². The van der Waals surface area contributed by atoms with Gasteiger partial charge in [0.2, 0.25) is 0 Å². The van der Waals surface area contributed by atoms with Crippen LogP contribution in [0.5, 0.6) is 5.75 Å². The van der Waals surface area contributed by atoms with E-state index >= 15 is 0 Å². The predicted molar refractivity (Wildman–Crippen MR) is 133 cm³/mol. The molecule has 0 saturated carbocycles. The molecular formula is C27H35N3O4. The van der Waals surface area contributed by atoms with Crippen molar-refractivity contribution in [2.75, 3.05) is 0 Å². The van der Waals surface area contributed by atoms with Crippen molar-refractivity contribution in [2.24, 2.45) is 0 Å². The second-order valence-electron chi connectivity index (χ2n) is 9.41. The highest BCUT2D eigenvalue weighted by atomic mass is 16.5. The molecule has 1 N–H and O–H groups in total. The third kappa shape index (κ3) is 6.16. The van der Waals surface area contributed by atoms with Gasteiger partial charge in [-0.1, -0.05) is 50.2 Å². The van der Waals surface area contributed by atoms with Gasteiger partial charge in [-0.3, -0.25) is 4.57 Å². The summed E-state index contributed by atoms with van der Waals surface area (Å²) in [5.41, 5.74) is 2.11. The molecule has 0 radical (unpaired) electrons. The van der Waals surface area contributed by atoms with Crippen LogP contribution in [-0.4, -0.2) is 31.0 Å². The summed E-state index contributed by atoms with van der Waals surface area (Å²) in [6, 6.07) is 15.8. The first-order chi connectivity index (χ1) is 16.1. The molecule has 3 aromatic rings. The van der Waals surface area contributed by atoms with Crippen molar-refractivity contribution in [1.29, 1.82) is 0 Å². The van der Waals surface area contributed by atoms with Crippen molar-refractivity contribution in [2.45, 2.75) is 78.5 Å². The molecule has 0 spiro atoms. The Morgan fingerprint density at radius 1 is 1.03 bits per heavy atom. The first-order valence-electron chi connectivity index (χ1n) is 11.9. The van der Waals surface area contributed by atoms with Gasteiger partial charge >= 0.3 is 11.7 Å². The number of hydrogen-bond acceptors (Lipinski definition) is 4. The van der Waals surface area contributed by atoms with Gasteiger partial charge in [0.15, 0.2) is 5.60 Å². The number of nitrogens with zero attached hydrogens (tertiary/aromatic N) is 3. The van der Waals surface area contributed by atoms with Crippen LogP contribution in [0.15, 0.2) is 53.3 Å². The lowest BCUT2D eigenvalue weighted by Crippen LogP contribution is -2.37. The van der Waals surface area contributed by atoms with Gasteiger partial charge in [-0.05, 0) is 68.4 Å². The molecule has 0 saturated heterocycles. The SMILES string of the molecule is CCn1c(CCCc2ccc(OC(C)(C)C(=O)O)cc2)nn(Cc2ccc(C(C)C)cc2)c1=O. The van der Waals surface area contributed by atoms with Crippen molar-refractivity contribution in [3.05, 3.63) is 81.5 Å². The smallest absolute Gasteiger partial charge is 0.347 e. The number of benzene rings is 2. The Bertz CT molecular complexity index is 1160. The fraction of sp³-hybridized carbons (Fsp3) is 0.444. The zero-order chi connectivity index (χ0) is 24.9. The maximum absolute atomic E-state index is 12.8. The van der Waals surface area contributed by atoms with E-state index < -0.39 is 11.6 Å². The van der Waals surface area contributed by atoms with Gasteiger partial charge < -0.3 is 9.84 Å². The molecule has 0 aliphatic carbocycles. The number of rotatable bonds is 11. The lowest BCUT2D eigenvalue weighted by Gasteiger charge is -2.21. The van der Waals surface area contributed by atoms with Crippen LogP contribution in [0.4, 0.5) is 0 Å². The fourth-order valence-electron chi connectivity index (χ4n) is 3.79. The third-order valence-electron chi connectivity index (χ3n) is 5.97. The van der Waals surface area contributed by atoms with E-state index in [1.165, 1.54) is 19.4 Å². The molecule has 2 aromatic carbocycles. The Morgan fingerprint density at radius 2 is 1.65 bits per heavy atom. The van der Waals surface area contributed by atoms with E-state index in [0.29, 0.717) is 31.2 Å². The van der Waals surface area contributed by atoms with E-state index in [2.05, 4.69) is 43.2 Å². The maximum atomic E-state index is 12.8. The Labute approximate surface area is 201 Å². The third-order valence-corrected chi connectivity index (χ3v) is 5.97. The van der Waals surface area contributed by atoms with Crippen LogP contribution in [-0.2, 0) is 30.7 Å². The lowest BCUT2D eigenvalue weighted by atomic mass is 10.0. The zero-order valence-electron chi connectivity index (χ0n) is 20.7. The normalized spacial score (nSPS) is 11.7. The van der Waals surface area contributed by atoms with Crippen LogP contribution < -0.4 is 10.4 Å². The van der Waals surface area contributed by atoms with Crippen molar-refractivity contribution in [3.8, 4) is 5.75 Å². The molecule has 34 heavy (non-hydrogen) atoms. The summed E-state index contributed by atoms with van der Waals surface area (Å²) in [5.74, 6) is 0.791. The second-order valence-corrected chi connectivity index (χ2v) is 9.41. The molecule has 7 heteroatoms. The molecule has 0 unspecified atom stereocenters. The monoisotopic (exact) mass is 465 g/mol. The molecule has 3 rings (SSSR count). The molecule has 0 atom stereocenters. The Balaban J connectivity index is 1.61. The molecule has 0 fully saturated rings. The minimum Gasteiger partial charge on any atom is -0.478 e. The first kappa shape index (κ1) is 25.3. The number of hydrogen-bond donors (Lipinski definition) is 1. The molecule has 182 valence electrons. The van der Waals surface area contributed by atoms with Crippen molar-refractivity contribution >= 4 is 5.97 Å². The van der Waals surface area contributed by atoms with E-state index in [1.807, 2.05) is 19.1 Å². The summed E-state index contributed by atoms with van der Waals surface area (Å²) >= 11 is 0. The van der Waals surface area contributed by atoms with Gasteiger partial charge in [0, 0.05) is 13.0 Å². The Morgan fingerprint density at radius 3 is 2.21 bits per heavy atom. The lowest BCUT2D eigenvalue weighted by molar-refractivity contribution is -0.152. The minimum absolute atomic E-state index is 0.0759. The molecule has 1 heterocycles. The highest BCUT2D eigenvalue weighted by Gasteiger charge is 2.29. The van der Waals surface area contributed by atoms with Crippen LogP contribution in [0.1, 0.15) is 69.5 Å². The largest absolute Gasteiger partial charge is 0.478 e. The van der Waals surface area contributed by atoms with Crippen LogP contribution >= 0.6 is 0 Å². The van der Waals surface area contributed by atoms with Crippen LogP contribution in [0, 0.1) is 0 Å².